The Balaban J connectivity index is 1.97. The van der Waals surface area contributed by atoms with Crippen LogP contribution in [0.1, 0.15) is 22.3 Å². The number of hydrogen-bond acceptors (Lipinski definition) is 1. The average molecular weight is 387 g/mol. The molecular weight excluding hydrogens is 366 g/mol. The van der Waals surface area contributed by atoms with Crippen molar-refractivity contribution in [2.24, 2.45) is 0 Å². The van der Waals surface area contributed by atoms with Gasteiger partial charge in [0, 0.05) is 11.1 Å². The van der Waals surface area contributed by atoms with Crippen molar-refractivity contribution in [3.63, 3.8) is 0 Å². The molecule has 0 radical (unpaired) electrons. The number of aromatic nitrogens is 1. The average Bonchev–Trinajstić information content (AvgIpc) is 2.82. The highest BCUT2D eigenvalue weighted by Crippen LogP contribution is 2.44. The third-order valence-electron chi connectivity index (χ3n) is 5.78. The number of pyridine rings is 1. The van der Waals surface area contributed by atoms with Crippen LogP contribution >= 0.6 is 0 Å². The molecule has 30 heavy (non-hydrogen) atoms. The van der Waals surface area contributed by atoms with Crippen LogP contribution in [0, 0.1) is 0 Å². The molecule has 144 valence electrons. The van der Waals surface area contributed by atoms with E-state index in [2.05, 4.69) is 41.4 Å². The predicted molar refractivity (Wildman–Crippen MR) is 123 cm³/mol. The molecule has 1 aromatic heterocycles. The monoisotopic (exact) mass is 387 g/mol. The van der Waals surface area contributed by atoms with Crippen LogP contribution in [0.5, 0.6) is 0 Å². The van der Waals surface area contributed by atoms with Crippen LogP contribution in [0.4, 0.5) is 0 Å². The number of fused-ring (bicyclic) bond motifs is 1. The van der Waals surface area contributed by atoms with Gasteiger partial charge in [0.05, 0.1) is 5.41 Å². The Morgan fingerprint density at radius 2 is 0.967 bits per heavy atom. The van der Waals surface area contributed by atoms with Gasteiger partial charge in [0.2, 0.25) is 0 Å². The van der Waals surface area contributed by atoms with E-state index in [0.717, 1.165) is 27.6 Å². The van der Waals surface area contributed by atoms with Gasteiger partial charge in [-0.1, -0.05) is 109 Å². The number of rotatable bonds is 4. The minimum absolute atomic E-state index is 0.0785. The maximum absolute atomic E-state index is 13.5. The number of hydrogen-bond donors (Lipinski definition) is 1. The van der Waals surface area contributed by atoms with Crippen LogP contribution in [0.3, 0.4) is 0 Å². The Labute approximate surface area is 175 Å². The smallest absolute Gasteiger partial charge is 0.253 e. The van der Waals surface area contributed by atoms with Gasteiger partial charge in [0.15, 0.2) is 0 Å². The molecule has 0 atom stereocenters. The van der Waals surface area contributed by atoms with Crippen molar-refractivity contribution in [1.82, 2.24) is 4.98 Å². The summed E-state index contributed by atoms with van der Waals surface area (Å²) in [4.78, 5) is 16.7. The highest BCUT2D eigenvalue weighted by atomic mass is 16.1. The first-order chi connectivity index (χ1) is 14.8. The van der Waals surface area contributed by atoms with Crippen molar-refractivity contribution < 1.29 is 0 Å². The molecule has 0 unspecified atom stereocenters. The summed E-state index contributed by atoms with van der Waals surface area (Å²) < 4.78 is 0. The first-order valence-electron chi connectivity index (χ1n) is 10.1. The van der Waals surface area contributed by atoms with Gasteiger partial charge >= 0.3 is 0 Å². The minimum Gasteiger partial charge on any atom is -0.322 e. The number of nitrogens with one attached hydrogen (secondary N) is 1. The molecule has 0 saturated carbocycles. The van der Waals surface area contributed by atoms with E-state index in [1.54, 1.807) is 0 Å². The summed E-state index contributed by atoms with van der Waals surface area (Å²) in [6.45, 7) is 0. The van der Waals surface area contributed by atoms with Crippen molar-refractivity contribution in [2.75, 3.05) is 0 Å². The molecule has 2 heteroatoms. The Kier molecular flexibility index (Phi) is 4.53. The molecule has 0 aliphatic carbocycles. The summed E-state index contributed by atoms with van der Waals surface area (Å²) in [6.07, 6.45) is 0. The van der Waals surface area contributed by atoms with Crippen LogP contribution in [0.2, 0.25) is 0 Å². The maximum atomic E-state index is 13.5. The molecule has 1 N–H and O–H groups in total. The largest absolute Gasteiger partial charge is 0.322 e. The van der Waals surface area contributed by atoms with Crippen LogP contribution in [0.25, 0.3) is 10.9 Å². The van der Waals surface area contributed by atoms with Gasteiger partial charge in [0.25, 0.3) is 5.56 Å². The number of benzene rings is 4. The van der Waals surface area contributed by atoms with Crippen molar-refractivity contribution in [2.45, 2.75) is 5.41 Å². The quantitative estimate of drug-likeness (QED) is 0.382. The summed E-state index contributed by atoms with van der Waals surface area (Å²) in [5.41, 5.74) is 3.92. The summed E-state index contributed by atoms with van der Waals surface area (Å²) in [7, 11) is 0. The summed E-state index contributed by atoms with van der Waals surface area (Å²) in [5.74, 6) is 0. The molecule has 0 amide bonds. The molecule has 0 fully saturated rings. The van der Waals surface area contributed by atoms with Gasteiger partial charge in [-0.25, -0.2) is 0 Å². The summed E-state index contributed by atoms with van der Waals surface area (Å²) in [5, 5.41) is 1.01. The van der Waals surface area contributed by atoms with Gasteiger partial charge in [-0.05, 0) is 34.2 Å². The Bertz CT molecular complexity index is 1240. The zero-order valence-electron chi connectivity index (χ0n) is 16.5. The Hall–Kier alpha value is -3.91. The van der Waals surface area contributed by atoms with Gasteiger partial charge in [0.1, 0.15) is 0 Å². The SMILES string of the molecule is O=c1[nH]c2ccccc2cc1C(c1ccccc1)(c1ccccc1)c1ccccc1. The zero-order chi connectivity index (χ0) is 20.4. The highest BCUT2D eigenvalue weighted by molar-refractivity contribution is 5.80. The zero-order valence-corrected chi connectivity index (χ0v) is 16.5. The second-order valence-electron chi connectivity index (χ2n) is 7.45. The predicted octanol–water partition coefficient (Wildman–Crippen LogP) is 5.91. The summed E-state index contributed by atoms with van der Waals surface area (Å²) >= 11 is 0. The normalized spacial score (nSPS) is 11.5. The van der Waals surface area contributed by atoms with E-state index in [4.69, 9.17) is 0 Å². The standard InChI is InChI=1S/C28H21NO/c30-27-25(20-21-12-10-11-19-26(21)29-27)28(22-13-4-1-5-14-22,23-15-6-2-7-16-23)24-17-8-3-9-18-24/h1-20H,(H,29,30). The first kappa shape index (κ1) is 18.1. The van der Waals surface area contributed by atoms with Crippen LogP contribution in [0.15, 0.2) is 126 Å². The van der Waals surface area contributed by atoms with Crippen molar-refractivity contribution in [3.8, 4) is 0 Å². The third kappa shape index (κ3) is 2.85. The lowest BCUT2D eigenvalue weighted by Crippen LogP contribution is -2.36. The summed E-state index contributed by atoms with van der Waals surface area (Å²) in [6, 6.07) is 40.8. The van der Waals surface area contributed by atoms with E-state index in [1.165, 1.54) is 0 Å². The lowest BCUT2D eigenvalue weighted by Gasteiger charge is -2.36. The molecule has 2 nitrogen and oxygen atoms in total. The van der Waals surface area contributed by atoms with E-state index in [0.29, 0.717) is 5.56 Å². The van der Waals surface area contributed by atoms with E-state index in [9.17, 15) is 4.79 Å². The third-order valence-corrected chi connectivity index (χ3v) is 5.78. The lowest BCUT2D eigenvalue weighted by molar-refractivity contribution is 0.733. The fourth-order valence-corrected chi connectivity index (χ4v) is 4.46. The van der Waals surface area contributed by atoms with E-state index < -0.39 is 5.41 Å². The Morgan fingerprint density at radius 1 is 0.533 bits per heavy atom. The second-order valence-corrected chi connectivity index (χ2v) is 7.45. The molecule has 4 aromatic carbocycles. The van der Waals surface area contributed by atoms with Crippen molar-refractivity contribution in [3.05, 3.63) is 154 Å². The first-order valence-corrected chi connectivity index (χ1v) is 10.1. The fourth-order valence-electron chi connectivity index (χ4n) is 4.46. The molecule has 5 rings (SSSR count). The maximum Gasteiger partial charge on any atom is 0.253 e. The molecular formula is C28H21NO. The van der Waals surface area contributed by atoms with E-state index >= 15 is 0 Å². The molecule has 1 heterocycles. The van der Waals surface area contributed by atoms with Gasteiger partial charge < -0.3 is 4.98 Å². The Morgan fingerprint density at radius 3 is 1.47 bits per heavy atom. The van der Waals surface area contributed by atoms with Crippen LogP contribution < -0.4 is 5.56 Å². The van der Waals surface area contributed by atoms with Crippen LogP contribution in [-0.2, 0) is 5.41 Å². The molecule has 0 aliphatic rings. The van der Waals surface area contributed by atoms with Crippen LogP contribution in [-0.4, -0.2) is 4.98 Å². The minimum atomic E-state index is -0.735. The fraction of sp³-hybridized carbons (Fsp3) is 0.0357. The van der Waals surface area contributed by atoms with Gasteiger partial charge in [-0.3, -0.25) is 4.79 Å². The number of aromatic amines is 1. The molecule has 5 aromatic rings. The van der Waals surface area contributed by atoms with E-state index in [-0.39, 0.29) is 5.56 Å². The van der Waals surface area contributed by atoms with Crippen molar-refractivity contribution in [1.29, 1.82) is 0 Å². The van der Waals surface area contributed by atoms with Gasteiger partial charge in [-0.2, -0.15) is 0 Å². The number of para-hydroxylation sites is 1. The number of H-pyrrole nitrogens is 1. The molecule has 0 aliphatic heterocycles. The molecule has 0 spiro atoms. The molecule has 0 saturated heterocycles. The van der Waals surface area contributed by atoms with Gasteiger partial charge in [-0.15, -0.1) is 0 Å². The second kappa shape index (κ2) is 7.49. The van der Waals surface area contributed by atoms with Crippen molar-refractivity contribution >= 4 is 10.9 Å². The topological polar surface area (TPSA) is 32.9 Å². The molecule has 0 bridgehead atoms. The highest BCUT2D eigenvalue weighted by Gasteiger charge is 2.40. The van der Waals surface area contributed by atoms with E-state index in [1.807, 2.05) is 84.9 Å². The lowest BCUT2D eigenvalue weighted by atomic mass is 9.65.